The van der Waals surface area contributed by atoms with Crippen LogP contribution >= 0.6 is 0 Å². The van der Waals surface area contributed by atoms with Crippen molar-refractivity contribution in [1.29, 1.82) is 0 Å². The molecule has 96 valence electrons. The van der Waals surface area contributed by atoms with Gasteiger partial charge in [-0.05, 0) is 12.1 Å². The molecule has 0 bridgehead atoms. The Kier molecular flexibility index (Phi) is 2.83. The molecule has 1 fully saturated rings. The number of rotatable bonds is 2. The van der Waals surface area contributed by atoms with Crippen LogP contribution in [0.4, 0.5) is 5.95 Å². The molecule has 0 unspecified atom stereocenters. The van der Waals surface area contributed by atoms with Gasteiger partial charge in [0.1, 0.15) is 5.75 Å². The standard InChI is InChI=1S/C13H18N4O/c1-16-12-9-10(18-2)3-4-11(12)15-13(16)17-7-5-14-6-8-17/h3-4,9,14H,5-8H2,1-2H3. The molecule has 1 saturated heterocycles. The van der Waals surface area contributed by atoms with Gasteiger partial charge in [0.05, 0.1) is 18.1 Å². The summed E-state index contributed by atoms with van der Waals surface area (Å²) >= 11 is 0. The average Bonchev–Trinajstić information content (AvgIpc) is 2.77. The molecule has 18 heavy (non-hydrogen) atoms. The van der Waals surface area contributed by atoms with Crippen LogP contribution in [0.25, 0.3) is 11.0 Å². The summed E-state index contributed by atoms with van der Waals surface area (Å²) in [5.41, 5.74) is 2.13. The third-order valence-electron chi connectivity index (χ3n) is 3.46. The van der Waals surface area contributed by atoms with E-state index >= 15 is 0 Å². The van der Waals surface area contributed by atoms with Crippen molar-refractivity contribution >= 4 is 17.0 Å². The zero-order valence-corrected chi connectivity index (χ0v) is 10.8. The van der Waals surface area contributed by atoms with Crippen LogP contribution < -0.4 is 15.0 Å². The molecule has 2 heterocycles. The van der Waals surface area contributed by atoms with Gasteiger partial charge < -0.3 is 19.5 Å². The molecule has 0 atom stereocenters. The Balaban J connectivity index is 2.04. The smallest absolute Gasteiger partial charge is 0.206 e. The van der Waals surface area contributed by atoms with E-state index in [2.05, 4.69) is 21.8 Å². The number of ether oxygens (including phenoxy) is 1. The van der Waals surface area contributed by atoms with E-state index in [1.165, 1.54) is 0 Å². The SMILES string of the molecule is COc1ccc2nc(N3CCNCC3)n(C)c2c1. The van der Waals surface area contributed by atoms with Crippen molar-refractivity contribution in [3.8, 4) is 5.75 Å². The lowest BCUT2D eigenvalue weighted by molar-refractivity contribution is 0.415. The highest BCUT2D eigenvalue weighted by Gasteiger charge is 2.17. The molecular formula is C13H18N4O. The third-order valence-corrected chi connectivity index (χ3v) is 3.46. The van der Waals surface area contributed by atoms with Gasteiger partial charge in [-0.15, -0.1) is 0 Å². The van der Waals surface area contributed by atoms with Crippen molar-refractivity contribution in [2.24, 2.45) is 7.05 Å². The second-order valence-corrected chi connectivity index (χ2v) is 4.56. The number of hydrogen-bond donors (Lipinski definition) is 1. The van der Waals surface area contributed by atoms with Gasteiger partial charge in [0.2, 0.25) is 5.95 Å². The molecule has 1 aliphatic heterocycles. The zero-order valence-electron chi connectivity index (χ0n) is 10.8. The molecule has 1 aromatic heterocycles. The monoisotopic (exact) mass is 246 g/mol. The fourth-order valence-electron chi connectivity index (χ4n) is 2.43. The van der Waals surface area contributed by atoms with E-state index in [9.17, 15) is 0 Å². The third kappa shape index (κ3) is 1.80. The van der Waals surface area contributed by atoms with E-state index in [1.54, 1.807) is 7.11 Å². The van der Waals surface area contributed by atoms with E-state index < -0.39 is 0 Å². The molecule has 0 radical (unpaired) electrons. The first-order chi connectivity index (χ1) is 8.79. The Morgan fingerprint density at radius 2 is 2.06 bits per heavy atom. The largest absolute Gasteiger partial charge is 0.497 e. The van der Waals surface area contributed by atoms with Crippen LogP contribution in [0.15, 0.2) is 18.2 Å². The van der Waals surface area contributed by atoms with Crippen LogP contribution in [0.1, 0.15) is 0 Å². The lowest BCUT2D eigenvalue weighted by Gasteiger charge is -2.28. The van der Waals surface area contributed by atoms with Crippen molar-refractivity contribution in [1.82, 2.24) is 14.9 Å². The average molecular weight is 246 g/mol. The van der Waals surface area contributed by atoms with Crippen molar-refractivity contribution in [2.75, 3.05) is 38.2 Å². The number of anilines is 1. The van der Waals surface area contributed by atoms with Crippen LogP contribution in [-0.4, -0.2) is 42.8 Å². The molecule has 2 aromatic rings. The van der Waals surface area contributed by atoms with Gasteiger partial charge in [-0.3, -0.25) is 0 Å². The van der Waals surface area contributed by atoms with Crippen LogP contribution in [0.5, 0.6) is 5.75 Å². The topological polar surface area (TPSA) is 42.3 Å². The lowest BCUT2D eigenvalue weighted by atomic mass is 10.3. The number of hydrogen-bond acceptors (Lipinski definition) is 4. The molecule has 0 saturated carbocycles. The van der Waals surface area contributed by atoms with Crippen LogP contribution in [-0.2, 0) is 7.05 Å². The highest BCUT2D eigenvalue weighted by Crippen LogP contribution is 2.25. The second-order valence-electron chi connectivity index (χ2n) is 4.56. The summed E-state index contributed by atoms with van der Waals surface area (Å²) in [5.74, 6) is 1.91. The van der Waals surface area contributed by atoms with E-state index in [1.807, 2.05) is 18.2 Å². The zero-order chi connectivity index (χ0) is 12.5. The predicted molar refractivity (Wildman–Crippen MR) is 72.3 cm³/mol. The highest BCUT2D eigenvalue weighted by molar-refractivity contribution is 5.80. The maximum atomic E-state index is 5.27. The van der Waals surface area contributed by atoms with Crippen LogP contribution in [0, 0.1) is 0 Å². The van der Waals surface area contributed by atoms with Gasteiger partial charge in [0.25, 0.3) is 0 Å². The van der Waals surface area contributed by atoms with Crippen LogP contribution in [0.2, 0.25) is 0 Å². The first-order valence-electron chi connectivity index (χ1n) is 6.26. The number of imidazole rings is 1. The number of piperazine rings is 1. The first-order valence-corrected chi connectivity index (χ1v) is 6.26. The van der Waals surface area contributed by atoms with Gasteiger partial charge >= 0.3 is 0 Å². The fourth-order valence-corrected chi connectivity index (χ4v) is 2.43. The summed E-state index contributed by atoms with van der Waals surface area (Å²) in [6.45, 7) is 4.06. The summed E-state index contributed by atoms with van der Waals surface area (Å²) in [6, 6.07) is 6.00. The predicted octanol–water partition coefficient (Wildman–Crippen LogP) is 0.991. The minimum atomic E-state index is 0.873. The Morgan fingerprint density at radius 3 is 2.78 bits per heavy atom. The number of nitrogens with one attached hydrogen (secondary N) is 1. The van der Waals surface area contributed by atoms with Gasteiger partial charge in [-0.25, -0.2) is 4.98 Å². The first kappa shape index (κ1) is 11.3. The van der Waals surface area contributed by atoms with E-state index in [4.69, 9.17) is 9.72 Å². The molecule has 1 aromatic carbocycles. The number of methoxy groups -OCH3 is 1. The van der Waals surface area contributed by atoms with E-state index in [-0.39, 0.29) is 0 Å². The van der Waals surface area contributed by atoms with Crippen molar-refractivity contribution in [3.05, 3.63) is 18.2 Å². The number of aryl methyl sites for hydroxylation is 1. The quantitative estimate of drug-likeness (QED) is 0.858. The summed E-state index contributed by atoms with van der Waals surface area (Å²) in [6.07, 6.45) is 0. The van der Waals surface area contributed by atoms with Gasteiger partial charge in [0, 0.05) is 39.3 Å². The van der Waals surface area contributed by atoms with Crippen molar-refractivity contribution in [3.63, 3.8) is 0 Å². The molecule has 1 aliphatic rings. The Hall–Kier alpha value is -1.75. The molecule has 0 spiro atoms. The molecule has 1 N–H and O–H groups in total. The summed E-state index contributed by atoms with van der Waals surface area (Å²) < 4.78 is 7.41. The summed E-state index contributed by atoms with van der Waals surface area (Å²) in [7, 11) is 3.75. The summed E-state index contributed by atoms with van der Waals surface area (Å²) in [4.78, 5) is 7.04. The minimum Gasteiger partial charge on any atom is -0.497 e. The normalized spacial score (nSPS) is 16.2. The maximum absolute atomic E-state index is 5.27. The Bertz CT molecular complexity index is 557. The van der Waals surface area contributed by atoms with Crippen molar-refractivity contribution in [2.45, 2.75) is 0 Å². The lowest BCUT2D eigenvalue weighted by Crippen LogP contribution is -2.44. The van der Waals surface area contributed by atoms with Gasteiger partial charge in [-0.1, -0.05) is 0 Å². The molecular weight excluding hydrogens is 228 g/mol. The fraction of sp³-hybridized carbons (Fsp3) is 0.462. The number of benzene rings is 1. The number of aromatic nitrogens is 2. The summed E-state index contributed by atoms with van der Waals surface area (Å²) in [5, 5.41) is 3.36. The number of fused-ring (bicyclic) bond motifs is 1. The Labute approximate surface area is 106 Å². The maximum Gasteiger partial charge on any atom is 0.206 e. The number of nitrogens with zero attached hydrogens (tertiary/aromatic N) is 3. The van der Waals surface area contributed by atoms with E-state index in [0.717, 1.165) is 48.9 Å². The van der Waals surface area contributed by atoms with Gasteiger partial charge in [0.15, 0.2) is 0 Å². The molecule has 0 aliphatic carbocycles. The molecule has 5 nitrogen and oxygen atoms in total. The second kappa shape index (κ2) is 4.49. The van der Waals surface area contributed by atoms with Gasteiger partial charge in [-0.2, -0.15) is 0 Å². The molecule has 3 rings (SSSR count). The molecule has 0 amide bonds. The Morgan fingerprint density at radius 1 is 1.28 bits per heavy atom. The molecule has 5 heteroatoms. The van der Waals surface area contributed by atoms with Crippen molar-refractivity contribution < 1.29 is 4.74 Å². The minimum absolute atomic E-state index is 0.873. The van der Waals surface area contributed by atoms with E-state index in [0.29, 0.717) is 0 Å². The highest BCUT2D eigenvalue weighted by atomic mass is 16.5. The van der Waals surface area contributed by atoms with Crippen LogP contribution in [0.3, 0.4) is 0 Å².